The van der Waals surface area contributed by atoms with E-state index in [2.05, 4.69) is 13.8 Å². The topological polar surface area (TPSA) is 40.6 Å². The second kappa shape index (κ2) is 13.6. The standard InChI is InChI=1S/C18H36N2O2/c1-5-7-9-11-13-17(21)19(3)15-16-20(4)18(22)14-12-10-8-6-2/h5-16H2,1-4H3. The average molecular weight is 312 g/mol. The van der Waals surface area contributed by atoms with Gasteiger partial charge in [0.2, 0.25) is 11.8 Å². The zero-order valence-electron chi connectivity index (χ0n) is 15.2. The largest absolute Gasteiger partial charge is 0.344 e. The summed E-state index contributed by atoms with van der Waals surface area (Å²) in [5.74, 6) is 0.389. The molecule has 130 valence electrons. The Balaban J connectivity index is 3.80. The fraction of sp³-hybridized carbons (Fsp3) is 0.889. The van der Waals surface area contributed by atoms with Gasteiger partial charge in [0.15, 0.2) is 0 Å². The fourth-order valence-electron chi connectivity index (χ4n) is 2.34. The normalized spacial score (nSPS) is 10.5. The van der Waals surface area contributed by atoms with Crippen molar-refractivity contribution in [3.8, 4) is 0 Å². The Kier molecular flexibility index (Phi) is 12.9. The molecule has 0 radical (unpaired) electrons. The molecule has 0 aliphatic heterocycles. The van der Waals surface area contributed by atoms with Gasteiger partial charge in [-0.25, -0.2) is 0 Å². The lowest BCUT2D eigenvalue weighted by Crippen LogP contribution is -2.37. The second-order valence-electron chi connectivity index (χ2n) is 6.25. The van der Waals surface area contributed by atoms with E-state index >= 15 is 0 Å². The maximum absolute atomic E-state index is 12.0. The lowest BCUT2D eigenvalue weighted by atomic mass is 10.1. The van der Waals surface area contributed by atoms with Gasteiger partial charge in [0, 0.05) is 40.0 Å². The minimum absolute atomic E-state index is 0.194. The highest BCUT2D eigenvalue weighted by Gasteiger charge is 2.12. The van der Waals surface area contributed by atoms with Gasteiger partial charge in [-0.05, 0) is 12.8 Å². The molecule has 0 bridgehead atoms. The van der Waals surface area contributed by atoms with Crippen LogP contribution in [-0.2, 0) is 9.59 Å². The van der Waals surface area contributed by atoms with Crippen molar-refractivity contribution in [2.24, 2.45) is 0 Å². The molecule has 4 nitrogen and oxygen atoms in total. The summed E-state index contributed by atoms with van der Waals surface area (Å²) in [6, 6.07) is 0. The van der Waals surface area contributed by atoms with Crippen LogP contribution in [0.3, 0.4) is 0 Å². The third-order valence-electron chi connectivity index (χ3n) is 4.11. The van der Waals surface area contributed by atoms with Crippen LogP contribution in [0.25, 0.3) is 0 Å². The number of nitrogens with zero attached hydrogens (tertiary/aromatic N) is 2. The smallest absolute Gasteiger partial charge is 0.222 e. The summed E-state index contributed by atoms with van der Waals surface area (Å²) in [4.78, 5) is 27.4. The summed E-state index contributed by atoms with van der Waals surface area (Å²) < 4.78 is 0. The van der Waals surface area contributed by atoms with E-state index in [1.165, 1.54) is 25.7 Å². The molecule has 0 saturated carbocycles. The van der Waals surface area contributed by atoms with E-state index in [0.717, 1.165) is 25.7 Å². The maximum atomic E-state index is 12.0. The van der Waals surface area contributed by atoms with Gasteiger partial charge in [-0.15, -0.1) is 0 Å². The van der Waals surface area contributed by atoms with Crippen LogP contribution in [0.2, 0.25) is 0 Å². The first kappa shape index (κ1) is 20.9. The van der Waals surface area contributed by atoms with Gasteiger partial charge >= 0.3 is 0 Å². The highest BCUT2D eigenvalue weighted by molar-refractivity contribution is 5.77. The van der Waals surface area contributed by atoms with Gasteiger partial charge in [-0.3, -0.25) is 9.59 Å². The van der Waals surface area contributed by atoms with Gasteiger partial charge in [0.25, 0.3) is 0 Å². The van der Waals surface area contributed by atoms with E-state index in [9.17, 15) is 9.59 Å². The summed E-state index contributed by atoms with van der Waals surface area (Å²) in [5, 5.41) is 0. The number of carbonyl (C=O) groups excluding carboxylic acids is 2. The fourth-order valence-corrected chi connectivity index (χ4v) is 2.34. The van der Waals surface area contributed by atoms with Crippen molar-refractivity contribution < 1.29 is 9.59 Å². The van der Waals surface area contributed by atoms with Gasteiger partial charge in [-0.1, -0.05) is 52.4 Å². The molecule has 0 spiro atoms. The van der Waals surface area contributed by atoms with Gasteiger partial charge in [0.05, 0.1) is 0 Å². The van der Waals surface area contributed by atoms with Crippen LogP contribution >= 0.6 is 0 Å². The summed E-state index contributed by atoms with van der Waals surface area (Å²) in [6.07, 6.45) is 10.3. The molecular weight excluding hydrogens is 276 g/mol. The van der Waals surface area contributed by atoms with Crippen LogP contribution in [0, 0.1) is 0 Å². The zero-order valence-corrected chi connectivity index (χ0v) is 15.2. The third-order valence-corrected chi connectivity index (χ3v) is 4.11. The van der Waals surface area contributed by atoms with Crippen molar-refractivity contribution in [1.82, 2.24) is 9.80 Å². The lowest BCUT2D eigenvalue weighted by Gasteiger charge is -2.22. The Hall–Kier alpha value is -1.06. The Labute approximate surface area is 137 Å². The molecule has 0 saturated heterocycles. The monoisotopic (exact) mass is 312 g/mol. The first-order chi connectivity index (χ1) is 10.5. The molecule has 0 fully saturated rings. The van der Waals surface area contributed by atoms with Gasteiger partial charge in [-0.2, -0.15) is 0 Å². The van der Waals surface area contributed by atoms with Gasteiger partial charge < -0.3 is 9.80 Å². The molecule has 0 aliphatic rings. The summed E-state index contributed by atoms with van der Waals surface area (Å²) >= 11 is 0. The van der Waals surface area contributed by atoms with Crippen molar-refractivity contribution in [2.45, 2.75) is 78.1 Å². The lowest BCUT2D eigenvalue weighted by molar-refractivity contribution is -0.133. The SMILES string of the molecule is CCCCCCC(=O)N(C)CCN(C)C(=O)CCCCCC. The molecule has 0 aromatic rings. The molecule has 0 aliphatic carbocycles. The molecule has 0 aromatic carbocycles. The molecule has 0 heterocycles. The Bertz CT molecular complexity index is 275. The number of unbranched alkanes of at least 4 members (excludes halogenated alkanes) is 6. The molecule has 0 aromatic heterocycles. The number of amides is 2. The van der Waals surface area contributed by atoms with E-state index < -0.39 is 0 Å². The van der Waals surface area contributed by atoms with Crippen LogP contribution in [-0.4, -0.2) is 48.8 Å². The Morgan fingerprint density at radius 2 is 1.00 bits per heavy atom. The maximum Gasteiger partial charge on any atom is 0.222 e. The second-order valence-corrected chi connectivity index (χ2v) is 6.25. The Morgan fingerprint density at radius 1 is 0.636 bits per heavy atom. The predicted octanol–water partition coefficient (Wildman–Crippen LogP) is 3.84. The van der Waals surface area contributed by atoms with Gasteiger partial charge in [0.1, 0.15) is 0 Å². The van der Waals surface area contributed by atoms with Crippen LogP contribution in [0.4, 0.5) is 0 Å². The quantitative estimate of drug-likeness (QED) is 0.485. The van der Waals surface area contributed by atoms with E-state index in [0.29, 0.717) is 25.9 Å². The van der Waals surface area contributed by atoms with Crippen molar-refractivity contribution in [2.75, 3.05) is 27.2 Å². The first-order valence-corrected chi connectivity index (χ1v) is 9.00. The Morgan fingerprint density at radius 3 is 1.32 bits per heavy atom. The molecule has 0 rings (SSSR count). The summed E-state index contributed by atoms with van der Waals surface area (Å²) in [6.45, 7) is 5.60. The van der Waals surface area contributed by atoms with E-state index in [1.54, 1.807) is 9.80 Å². The van der Waals surface area contributed by atoms with Crippen LogP contribution in [0.5, 0.6) is 0 Å². The average Bonchev–Trinajstić information content (AvgIpc) is 2.52. The molecule has 4 heteroatoms. The van der Waals surface area contributed by atoms with Crippen molar-refractivity contribution in [3.63, 3.8) is 0 Å². The molecule has 2 amide bonds. The highest BCUT2D eigenvalue weighted by atomic mass is 16.2. The number of hydrogen-bond acceptors (Lipinski definition) is 2. The predicted molar refractivity (Wildman–Crippen MR) is 92.8 cm³/mol. The number of likely N-dealkylation sites (N-methyl/N-ethyl adjacent to an activating group) is 2. The minimum Gasteiger partial charge on any atom is -0.344 e. The molecule has 0 atom stereocenters. The van der Waals surface area contributed by atoms with Crippen molar-refractivity contribution in [1.29, 1.82) is 0 Å². The van der Waals surface area contributed by atoms with Crippen molar-refractivity contribution >= 4 is 11.8 Å². The molecule has 0 N–H and O–H groups in total. The van der Waals surface area contributed by atoms with Crippen LogP contribution in [0.15, 0.2) is 0 Å². The number of carbonyl (C=O) groups is 2. The summed E-state index contributed by atoms with van der Waals surface area (Å²) in [5.41, 5.74) is 0. The zero-order chi connectivity index (χ0) is 16.8. The van der Waals surface area contributed by atoms with Crippen LogP contribution in [0.1, 0.15) is 78.1 Å². The van der Waals surface area contributed by atoms with E-state index in [-0.39, 0.29) is 11.8 Å². The number of hydrogen-bond donors (Lipinski definition) is 0. The third kappa shape index (κ3) is 10.6. The molecule has 0 unspecified atom stereocenters. The van der Waals surface area contributed by atoms with Crippen molar-refractivity contribution in [3.05, 3.63) is 0 Å². The first-order valence-electron chi connectivity index (χ1n) is 9.00. The highest BCUT2D eigenvalue weighted by Crippen LogP contribution is 2.06. The minimum atomic E-state index is 0.194. The molecular formula is C18H36N2O2. The summed E-state index contributed by atoms with van der Waals surface area (Å²) in [7, 11) is 3.67. The van der Waals surface area contributed by atoms with E-state index in [4.69, 9.17) is 0 Å². The molecule has 22 heavy (non-hydrogen) atoms. The number of rotatable bonds is 13. The van der Waals surface area contributed by atoms with Crippen LogP contribution < -0.4 is 0 Å². The van der Waals surface area contributed by atoms with E-state index in [1.807, 2.05) is 14.1 Å².